The Morgan fingerprint density at radius 2 is 1.82 bits per heavy atom. The quantitative estimate of drug-likeness (QED) is 0.906. The van der Waals surface area contributed by atoms with Crippen LogP contribution in [0.3, 0.4) is 0 Å². The predicted octanol–water partition coefficient (Wildman–Crippen LogP) is 2.07. The third-order valence-electron chi connectivity index (χ3n) is 3.99. The fourth-order valence-corrected chi connectivity index (χ4v) is 2.70. The van der Waals surface area contributed by atoms with Crippen molar-refractivity contribution in [2.75, 3.05) is 20.2 Å². The molecule has 0 bridgehead atoms. The van der Waals surface area contributed by atoms with Gasteiger partial charge in [-0.05, 0) is 30.9 Å². The van der Waals surface area contributed by atoms with Crippen molar-refractivity contribution in [3.63, 3.8) is 0 Å². The molecule has 5 nitrogen and oxygen atoms in total. The van der Waals surface area contributed by atoms with Gasteiger partial charge in [0.15, 0.2) is 0 Å². The number of hydrogen-bond acceptors (Lipinski definition) is 3. The molecular weight excluding hydrogens is 280 g/mol. The number of carbonyl (C=O) groups excluding carboxylic acids is 2. The Labute approximate surface area is 131 Å². The van der Waals surface area contributed by atoms with Crippen molar-refractivity contribution >= 4 is 11.8 Å². The molecule has 0 aliphatic carbocycles. The maximum Gasteiger partial charge on any atom is 0.255 e. The molecule has 0 aromatic heterocycles. The van der Waals surface area contributed by atoms with Crippen LogP contribution in [0.15, 0.2) is 24.3 Å². The van der Waals surface area contributed by atoms with Gasteiger partial charge < -0.3 is 15.0 Å². The maximum absolute atomic E-state index is 12.6. The van der Waals surface area contributed by atoms with Crippen LogP contribution in [-0.4, -0.2) is 43.0 Å². The number of amides is 2. The molecule has 2 rings (SSSR count). The number of carbonyl (C=O) groups is 2. The molecule has 0 radical (unpaired) electrons. The minimum atomic E-state index is -0.504. The van der Waals surface area contributed by atoms with Gasteiger partial charge in [-0.25, -0.2) is 0 Å². The highest BCUT2D eigenvalue weighted by Crippen LogP contribution is 2.19. The Hall–Kier alpha value is -2.04. The molecule has 0 unspecified atom stereocenters. The Kier molecular flexibility index (Phi) is 5.41. The molecule has 1 aliphatic rings. The van der Waals surface area contributed by atoms with E-state index in [0.717, 1.165) is 25.9 Å². The van der Waals surface area contributed by atoms with Crippen molar-refractivity contribution in [2.24, 2.45) is 5.92 Å². The number of nitrogens with zero attached hydrogens (tertiary/aromatic N) is 1. The van der Waals surface area contributed by atoms with Crippen LogP contribution in [0.2, 0.25) is 0 Å². The third kappa shape index (κ3) is 3.59. The first-order valence-electron chi connectivity index (χ1n) is 7.77. The molecule has 1 saturated heterocycles. The summed E-state index contributed by atoms with van der Waals surface area (Å²) in [5.41, 5.74) is 0.449. The van der Waals surface area contributed by atoms with E-state index >= 15 is 0 Å². The molecule has 1 aromatic carbocycles. The van der Waals surface area contributed by atoms with E-state index in [9.17, 15) is 9.59 Å². The Balaban J connectivity index is 2.13. The Morgan fingerprint density at radius 3 is 2.41 bits per heavy atom. The summed E-state index contributed by atoms with van der Waals surface area (Å²) in [6, 6.07) is 6.53. The molecule has 1 aliphatic heterocycles. The first-order valence-corrected chi connectivity index (χ1v) is 7.77. The summed E-state index contributed by atoms with van der Waals surface area (Å²) in [5, 5.41) is 2.87. The molecule has 0 spiro atoms. The standard InChI is InChI=1S/C17H24N2O3/c1-12(2)15(17(21)19-10-6-7-11-19)18-16(20)13-8-4-5-9-14(13)22-3/h4-5,8-9,12,15H,6-7,10-11H2,1-3H3,(H,18,20)/t15-/m1/s1. The molecule has 5 heteroatoms. The van der Waals surface area contributed by atoms with Crippen molar-refractivity contribution in [1.29, 1.82) is 0 Å². The van der Waals surface area contributed by atoms with E-state index in [2.05, 4.69) is 5.32 Å². The molecule has 1 aromatic rings. The molecular formula is C17H24N2O3. The van der Waals surface area contributed by atoms with E-state index in [4.69, 9.17) is 4.74 Å². The summed E-state index contributed by atoms with van der Waals surface area (Å²) >= 11 is 0. The minimum absolute atomic E-state index is 0.00995. The van der Waals surface area contributed by atoms with Crippen molar-refractivity contribution < 1.29 is 14.3 Å². The summed E-state index contributed by atoms with van der Waals surface area (Å²) in [6.07, 6.45) is 2.08. The number of para-hydroxylation sites is 1. The van der Waals surface area contributed by atoms with Gasteiger partial charge in [-0.3, -0.25) is 9.59 Å². The fourth-order valence-electron chi connectivity index (χ4n) is 2.70. The second-order valence-electron chi connectivity index (χ2n) is 5.93. The number of nitrogens with one attached hydrogen (secondary N) is 1. The third-order valence-corrected chi connectivity index (χ3v) is 3.99. The van der Waals surface area contributed by atoms with Gasteiger partial charge in [0.1, 0.15) is 11.8 Å². The van der Waals surface area contributed by atoms with E-state index in [1.165, 1.54) is 7.11 Å². The van der Waals surface area contributed by atoms with Gasteiger partial charge in [-0.1, -0.05) is 26.0 Å². The highest BCUT2D eigenvalue weighted by molar-refractivity contribution is 5.99. The fraction of sp³-hybridized carbons (Fsp3) is 0.529. The van der Waals surface area contributed by atoms with Crippen LogP contribution in [0.1, 0.15) is 37.0 Å². The van der Waals surface area contributed by atoms with Crippen LogP contribution in [0.25, 0.3) is 0 Å². The van der Waals surface area contributed by atoms with Crippen molar-refractivity contribution in [3.05, 3.63) is 29.8 Å². The summed E-state index contributed by atoms with van der Waals surface area (Å²) in [4.78, 5) is 26.9. The predicted molar refractivity (Wildman–Crippen MR) is 84.9 cm³/mol. The average molecular weight is 304 g/mol. The normalized spacial score (nSPS) is 15.7. The first-order chi connectivity index (χ1) is 10.5. The average Bonchev–Trinajstić information content (AvgIpc) is 3.05. The van der Waals surface area contributed by atoms with E-state index in [0.29, 0.717) is 11.3 Å². The van der Waals surface area contributed by atoms with Gasteiger partial charge in [0.05, 0.1) is 12.7 Å². The second-order valence-corrected chi connectivity index (χ2v) is 5.93. The molecule has 22 heavy (non-hydrogen) atoms. The molecule has 2 amide bonds. The van der Waals surface area contributed by atoms with Crippen LogP contribution < -0.4 is 10.1 Å². The van der Waals surface area contributed by atoms with Gasteiger partial charge in [0, 0.05) is 13.1 Å². The van der Waals surface area contributed by atoms with Crippen molar-refractivity contribution in [2.45, 2.75) is 32.7 Å². The van der Waals surface area contributed by atoms with Crippen LogP contribution >= 0.6 is 0 Å². The van der Waals surface area contributed by atoms with E-state index in [1.807, 2.05) is 24.8 Å². The Morgan fingerprint density at radius 1 is 1.18 bits per heavy atom. The molecule has 1 N–H and O–H groups in total. The van der Waals surface area contributed by atoms with Gasteiger partial charge in [0.25, 0.3) is 5.91 Å². The summed E-state index contributed by atoms with van der Waals surface area (Å²) in [5.74, 6) is 0.280. The zero-order valence-electron chi connectivity index (χ0n) is 13.5. The first kappa shape index (κ1) is 16.3. The lowest BCUT2D eigenvalue weighted by Crippen LogP contribution is -2.50. The summed E-state index contributed by atoms with van der Waals surface area (Å²) in [7, 11) is 1.53. The topological polar surface area (TPSA) is 58.6 Å². The summed E-state index contributed by atoms with van der Waals surface area (Å²) in [6.45, 7) is 5.46. The lowest BCUT2D eigenvalue weighted by Gasteiger charge is -2.26. The lowest BCUT2D eigenvalue weighted by atomic mass is 10.0. The number of likely N-dealkylation sites (tertiary alicyclic amines) is 1. The maximum atomic E-state index is 12.6. The second kappa shape index (κ2) is 7.29. The molecule has 0 saturated carbocycles. The molecule has 120 valence electrons. The van der Waals surface area contributed by atoms with Crippen LogP contribution in [0.4, 0.5) is 0 Å². The molecule has 1 atom stereocenters. The molecule has 1 heterocycles. The number of hydrogen-bond donors (Lipinski definition) is 1. The number of methoxy groups -OCH3 is 1. The van der Waals surface area contributed by atoms with Gasteiger partial charge in [-0.15, -0.1) is 0 Å². The lowest BCUT2D eigenvalue weighted by molar-refractivity contribution is -0.133. The molecule has 1 fully saturated rings. The zero-order valence-corrected chi connectivity index (χ0v) is 13.5. The summed E-state index contributed by atoms with van der Waals surface area (Å²) < 4.78 is 5.21. The van der Waals surface area contributed by atoms with Crippen molar-refractivity contribution in [1.82, 2.24) is 10.2 Å². The van der Waals surface area contributed by atoms with Crippen LogP contribution in [-0.2, 0) is 4.79 Å². The van der Waals surface area contributed by atoms with Gasteiger partial charge in [-0.2, -0.15) is 0 Å². The largest absolute Gasteiger partial charge is 0.496 e. The zero-order chi connectivity index (χ0) is 16.1. The van der Waals surface area contributed by atoms with Crippen molar-refractivity contribution in [3.8, 4) is 5.75 Å². The highest BCUT2D eigenvalue weighted by Gasteiger charge is 2.30. The smallest absolute Gasteiger partial charge is 0.255 e. The van der Waals surface area contributed by atoms with Crippen LogP contribution in [0, 0.1) is 5.92 Å². The Bertz CT molecular complexity index is 536. The van der Waals surface area contributed by atoms with Gasteiger partial charge >= 0.3 is 0 Å². The SMILES string of the molecule is COc1ccccc1C(=O)N[C@@H](C(=O)N1CCCC1)C(C)C. The highest BCUT2D eigenvalue weighted by atomic mass is 16.5. The van der Waals surface area contributed by atoms with E-state index in [1.54, 1.807) is 18.2 Å². The number of ether oxygens (including phenoxy) is 1. The monoisotopic (exact) mass is 304 g/mol. The number of benzene rings is 1. The van der Waals surface area contributed by atoms with E-state index in [-0.39, 0.29) is 17.7 Å². The number of rotatable bonds is 5. The van der Waals surface area contributed by atoms with E-state index < -0.39 is 6.04 Å². The minimum Gasteiger partial charge on any atom is -0.496 e. The van der Waals surface area contributed by atoms with Crippen LogP contribution in [0.5, 0.6) is 5.75 Å². The van der Waals surface area contributed by atoms with Gasteiger partial charge in [0.2, 0.25) is 5.91 Å².